The number of halogens is 1. The summed E-state index contributed by atoms with van der Waals surface area (Å²) in [4.78, 5) is 6.76. The van der Waals surface area contributed by atoms with Crippen LogP contribution in [0.4, 0.5) is 5.82 Å². The van der Waals surface area contributed by atoms with Gasteiger partial charge in [-0.15, -0.1) is 0 Å². The van der Waals surface area contributed by atoms with Crippen LogP contribution in [0.15, 0.2) is 12.1 Å². The van der Waals surface area contributed by atoms with E-state index in [-0.39, 0.29) is 6.61 Å². The second kappa shape index (κ2) is 7.05. The van der Waals surface area contributed by atoms with Gasteiger partial charge in [0.15, 0.2) is 0 Å². The fraction of sp³-hybridized carbons (Fsp3) is 0.615. The minimum absolute atomic E-state index is 0.229. The molecule has 1 unspecified atom stereocenters. The van der Waals surface area contributed by atoms with Gasteiger partial charge in [0.05, 0.1) is 10.7 Å². The summed E-state index contributed by atoms with van der Waals surface area (Å²) in [6.07, 6.45) is 4.36. The van der Waals surface area contributed by atoms with E-state index in [1.807, 2.05) is 6.07 Å². The van der Waals surface area contributed by atoms with E-state index in [4.69, 9.17) is 22.6 Å². The van der Waals surface area contributed by atoms with Gasteiger partial charge in [-0.05, 0) is 37.9 Å². The van der Waals surface area contributed by atoms with Gasteiger partial charge in [0.1, 0.15) is 5.82 Å². The van der Waals surface area contributed by atoms with Gasteiger partial charge in [-0.25, -0.2) is 10.8 Å². The predicted octanol–water partition coefficient (Wildman–Crippen LogP) is 1.76. The smallest absolute Gasteiger partial charge is 0.140 e. The lowest BCUT2D eigenvalue weighted by atomic mass is 9.99. The molecule has 0 radical (unpaired) electrons. The number of hydrogen-bond donors (Lipinski definition) is 3. The summed E-state index contributed by atoms with van der Waals surface area (Å²) in [5.74, 6) is 6.00. The normalized spacial score (nSPS) is 20.5. The van der Waals surface area contributed by atoms with E-state index in [1.165, 1.54) is 12.8 Å². The lowest BCUT2D eigenvalue weighted by Crippen LogP contribution is -2.39. The SMILES string of the molecule is NNc1ccc(Cl)c(CN2CCCCC2CCO)n1. The molecule has 0 amide bonds. The zero-order valence-electron chi connectivity index (χ0n) is 11.0. The average Bonchev–Trinajstić information content (AvgIpc) is 2.43. The average molecular weight is 285 g/mol. The molecule has 4 N–H and O–H groups in total. The molecular weight excluding hydrogens is 264 g/mol. The number of pyridine rings is 1. The summed E-state index contributed by atoms with van der Waals surface area (Å²) in [6, 6.07) is 3.99. The number of nitrogen functional groups attached to an aromatic ring is 1. The number of nitrogens with zero attached hydrogens (tertiary/aromatic N) is 2. The van der Waals surface area contributed by atoms with Crippen LogP contribution in [0.5, 0.6) is 0 Å². The van der Waals surface area contributed by atoms with E-state index >= 15 is 0 Å². The van der Waals surface area contributed by atoms with Crippen molar-refractivity contribution in [2.75, 3.05) is 18.6 Å². The summed E-state index contributed by atoms with van der Waals surface area (Å²) in [5, 5.41) is 9.80. The van der Waals surface area contributed by atoms with Gasteiger partial charge in [0, 0.05) is 19.2 Å². The second-order valence-corrected chi connectivity index (χ2v) is 5.31. The molecule has 19 heavy (non-hydrogen) atoms. The number of anilines is 1. The van der Waals surface area contributed by atoms with Crippen LogP contribution in [-0.2, 0) is 6.54 Å². The third-order valence-corrected chi connectivity index (χ3v) is 3.97. The fourth-order valence-electron chi connectivity index (χ4n) is 2.61. The van der Waals surface area contributed by atoms with Crippen molar-refractivity contribution in [2.24, 2.45) is 5.84 Å². The highest BCUT2D eigenvalue weighted by Gasteiger charge is 2.23. The molecule has 2 rings (SSSR count). The first-order valence-corrected chi connectivity index (χ1v) is 7.09. The molecule has 1 aromatic rings. The maximum Gasteiger partial charge on any atom is 0.140 e. The van der Waals surface area contributed by atoms with Gasteiger partial charge in [-0.2, -0.15) is 0 Å². The molecule has 1 aliphatic rings. The molecule has 6 heteroatoms. The van der Waals surface area contributed by atoms with Crippen LogP contribution in [0, 0.1) is 0 Å². The molecule has 1 atom stereocenters. The first-order chi connectivity index (χ1) is 9.24. The molecule has 106 valence electrons. The monoisotopic (exact) mass is 284 g/mol. The van der Waals surface area contributed by atoms with Crippen molar-refractivity contribution < 1.29 is 5.11 Å². The highest BCUT2D eigenvalue weighted by molar-refractivity contribution is 6.31. The number of hydrogen-bond acceptors (Lipinski definition) is 5. The van der Waals surface area contributed by atoms with Crippen LogP contribution in [0.3, 0.4) is 0 Å². The number of aliphatic hydroxyl groups is 1. The summed E-state index contributed by atoms with van der Waals surface area (Å²) in [5.41, 5.74) is 3.38. The Morgan fingerprint density at radius 2 is 2.32 bits per heavy atom. The largest absolute Gasteiger partial charge is 0.396 e. The van der Waals surface area contributed by atoms with Crippen LogP contribution in [0.1, 0.15) is 31.4 Å². The summed E-state index contributed by atoms with van der Waals surface area (Å²) in [6.45, 7) is 1.97. The van der Waals surface area contributed by atoms with E-state index in [1.54, 1.807) is 6.07 Å². The molecule has 1 aliphatic heterocycles. The minimum Gasteiger partial charge on any atom is -0.396 e. The van der Waals surface area contributed by atoms with Crippen molar-refractivity contribution in [3.05, 3.63) is 22.8 Å². The summed E-state index contributed by atoms with van der Waals surface area (Å²) < 4.78 is 0. The summed E-state index contributed by atoms with van der Waals surface area (Å²) in [7, 11) is 0. The van der Waals surface area contributed by atoms with Gasteiger partial charge in [-0.3, -0.25) is 4.90 Å². The molecule has 2 heterocycles. The molecular formula is C13H21ClN4O. The number of nitrogens with one attached hydrogen (secondary N) is 1. The maximum absolute atomic E-state index is 9.14. The molecule has 0 saturated carbocycles. The topological polar surface area (TPSA) is 74.4 Å². The van der Waals surface area contributed by atoms with Crippen LogP contribution < -0.4 is 11.3 Å². The number of nitrogens with two attached hydrogens (primary N) is 1. The molecule has 0 aliphatic carbocycles. The van der Waals surface area contributed by atoms with Gasteiger partial charge in [0.25, 0.3) is 0 Å². The van der Waals surface area contributed by atoms with Crippen LogP contribution in [0.2, 0.25) is 5.02 Å². The van der Waals surface area contributed by atoms with E-state index < -0.39 is 0 Å². The third kappa shape index (κ3) is 3.79. The second-order valence-electron chi connectivity index (χ2n) is 4.90. The first-order valence-electron chi connectivity index (χ1n) is 6.71. The third-order valence-electron chi connectivity index (χ3n) is 3.63. The van der Waals surface area contributed by atoms with E-state index in [0.29, 0.717) is 23.4 Å². The zero-order valence-corrected chi connectivity index (χ0v) is 11.7. The van der Waals surface area contributed by atoms with E-state index in [2.05, 4.69) is 15.3 Å². The van der Waals surface area contributed by atoms with Gasteiger partial charge in [-0.1, -0.05) is 18.0 Å². The zero-order chi connectivity index (χ0) is 13.7. The van der Waals surface area contributed by atoms with Gasteiger partial charge < -0.3 is 10.5 Å². The van der Waals surface area contributed by atoms with Crippen molar-refractivity contribution in [2.45, 2.75) is 38.3 Å². The summed E-state index contributed by atoms with van der Waals surface area (Å²) >= 11 is 6.19. The number of aliphatic hydroxyl groups excluding tert-OH is 1. The highest BCUT2D eigenvalue weighted by atomic mass is 35.5. The van der Waals surface area contributed by atoms with Crippen LogP contribution in [-0.4, -0.2) is 34.2 Å². The maximum atomic E-state index is 9.14. The van der Waals surface area contributed by atoms with Crippen molar-refractivity contribution in [1.82, 2.24) is 9.88 Å². The molecule has 1 aromatic heterocycles. The molecule has 1 fully saturated rings. The first kappa shape index (κ1) is 14.5. The molecule has 0 aromatic carbocycles. The lowest BCUT2D eigenvalue weighted by molar-refractivity contribution is 0.111. The number of likely N-dealkylation sites (tertiary alicyclic amines) is 1. The highest BCUT2D eigenvalue weighted by Crippen LogP contribution is 2.24. The minimum atomic E-state index is 0.229. The lowest BCUT2D eigenvalue weighted by Gasteiger charge is -2.35. The van der Waals surface area contributed by atoms with Gasteiger partial charge in [0.2, 0.25) is 0 Å². The van der Waals surface area contributed by atoms with Crippen molar-refractivity contribution in [1.29, 1.82) is 0 Å². The molecule has 5 nitrogen and oxygen atoms in total. The molecule has 0 bridgehead atoms. The van der Waals surface area contributed by atoms with Gasteiger partial charge >= 0.3 is 0 Å². The Balaban J connectivity index is 2.09. The Kier molecular flexibility index (Phi) is 5.39. The Hall–Kier alpha value is -0.880. The number of aromatic nitrogens is 1. The van der Waals surface area contributed by atoms with E-state index in [9.17, 15) is 0 Å². The Morgan fingerprint density at radius 1 is 1.47 bits per heavy atom. The van der Waals surface area contributed by atoms with Crippen LogP contribution in [0.25, 0.3) is 0 Å². The molecule has 1 saturated heterocycles. The number of hydrazine groups is 1. The van der Waals surface area contributed by atoms with Crippen molar-refractivity contribution in [3.8, 4) is 0 Å². The Morgan fingerprint density at radius 3 is 3.05 bits per heavy atom. The number of piperidine rings is 1. The number of rotatable bonds is 5. The fourth-order valence-corrected chi connectivity index (χ4v) is 2.78. The Labute approximate surface area is 118 Å². The van der Waals surface area contributed by atoms with Crippen LogP contribution >= 0.6 is 11.6 Å². The Bertz CT molecular complexity index is 414. The van der Waals surface area contributed by atoms with E-state index in [0.717, 1.165) is 25.1 Å². The van der Waals surface area contributed by atoms with Crippen molar-refractivity contribution >= 4 is 17.4 Å². The standard InChI is InChI=1S/C13H21ClN4O/c14-11-4-5-13(17-15)16-12(11)9-18-7-2-1-3-10(18)6-8-19/h4-5,10,19H,1-3,6-9,15H2,(H,16,17). The van der Waals surface area contributed by atoms with Crippen molar-refractivity contribution in [3.63, 3.8) is 0 Å². The quantitative estimate of drug-likeness (QED) is 0.567. The molecule has 0 spiro atoms. The predicted molar refractivity (Wildman–Crippen MR) is 76.8 cm³/mol.